The molecule has 128 valence electrons. The molecule has 0 unspecified atom stereocenters. The van der Waals surface area contributed by atoms with E-state index in [1.165, 1.54) is 18.2 Å². The SMILES string of the molecule is CCS(=O)(=O)c1ccc(O)c(NC(=O)CCc2cccc(C)c2)c1. The van der Waals surface area contributed by atoms with Crippen molar-refractivity contribution in [2.24, 2.45) is 0 Å². The van der Waals surface area contributed by atoms with E-state index in [-0.39, 0.29) is 34.4 Å². The van der Waals surface area contributed by atoms with Gasteiger partial charge in [-0.1, -0.05) is 36.8 Å². The van der Waals surface area contributed by atoms with Crippen LogP contribution in [0, 0.1) is 6.92 Å². The number of aryl methyl sites for hydroxylation is 2. The maximum absolute atomic E-state index is 12.1. The highest BCUT2D eigenvalue weighted by molar-refractivity contribution is 7.91. The van der Waals surface area contributed by atoms with Crippen LogP contribution in [0.1, 0.15) is 24.5 Å². The normalized spacial score (nSPS) is 11.2. The highest BCUT2D eigenvalue weighted by Crippen LogP contribution is 2.27. The van der Waals surface area contributed by atoms with Gasteiger partial charge >= 0.3 is 0 Å². The molecule has 0 aromatic heterocycles. The number of rotatable bonds is 6. The van der Waals surface area contributed by atoms with Crippen molar-refractivity contribution in [1.29, 1.82) is 0 Å². The quantitative estimate of drug-likeness (QED) is 0.787. The van der Waals surface area contributed by atoms with E-state index in [0.717, 1.165) is 11.1 Å². The molecule has 0 bridgehead atoms. The lowest BCUT2D eigenvalue weighted by atomic mass is 10.1. The largest absolute Gasteiger partial charge is 0.506 e. The second-order valence-corrected chi connectivity index (χ2v) is 7.90. The summed E-state index contributed by atoms with van der Waals surface area (Å²) in [4.78, 5) is 12.2. The van der Waals surface area contributed by atoms with E-state index in [0.29, 0.717) is 6.42 Å². The van der Waals surface area contributed by atoms with Gasteiger partial charge in [-0.3, -0.25) is 4.79 Å². The summed E-state index contributed by atoms with van der Waals surface area (Å²) >= 11 is 0. The third kappa shape index (κ3) is 4.58. The smallest absolute Gasteiger partial charge is 0.224 e. The van der Waals surface area contributed by atoms with E-state index in [1.54, 1.807) is 6.92 Å². The van der Waals surface area contributed by atoms with Gasteiger partial charge in [0.15, 0.2) is 9.84 Å². The van der Waals surface area contributed by atoms with Crippen LogP contribution in [0.15, 0.2) is 47.4 Å². The summed E-state index contributed by atoms with van der Waals surface area (Å²) < 4.78 is 23.8. The highest BCUT2D eigenvalue weighted by atomic mass is 32.2. The van der Waals surface area contributed by atoms with Crippen molar-refractivity contribution < 1.29 is 18.3 Å². The second-order valence-electron chi connectivity index (χ2n) is 5.62. The zero-order valence-corrected chi connectivity index (χ0v) is 14.6. The lowest BCUT2D eigenvalue weighted by Gasteiger charge is -2.10. The van der Waals surface area contributed by atoms with Crippen LogP contribution in [0.2, 0.25) is 0 Å². The van der Waals surface area contributed by atoms with Crippen molar-refractivity contribution >= 4 is 21.4 Å². The first-order chi connectivity index (χ1) is 11.3. The number of carbonyl (C=O) groups excluding carboxylic acids is 1. The first-order valence-corrected chi connectivity index (χ1v) is 9.38. The Kier molecular flexibility index (Phi) is 5.62. The second kappa shape index (κ2) is 7.49. The molecule has 0 saturated carbocycles. The number of carbonyl (C=O) groups is 1. The van der Waals surface area contributed by atoms with Crippen molar-refractivity contribution in [3.8, 4) is 5.75 Å². The fraction of sp³-hybridized carbons (Fsp3) is 0.278. The van der Waals surface area contributed by atoms with Gasteiger partial charge in [0.05, 0.1) is 16.3 Å². The number of nitrogens with one attached hydrogen (secondary N) is 1. The lowest BCUT2D eigenvalue weighted by molar-refractivity contribution is -0.116. The number of amides is 1. The van der Waals surface area contributed by atoms with Crippen LogP contribution in [0.3, 0.4) is 0 Å². The number of sulfone groups is 1. The summed E-state index contributed by atoms with van der Waals surface area (Å²) in [6.45, 7) is 3.53. The van der Waals surface area contributed by atoms with Crippen LogP contribution in [0.5, 0.6) is 5.75 Å². The Morgan fingerprint density at radius 3 is 2.58 bits per heavy atom. The molecular formula is C18H21NO4S. The van der Waals surface area contributed by atoms with Crippen molar-refractivity contribution in [2.75, 3.05) is 11.1 Å². The lowest BCUT2D eigenvalue weighted by Crippen LogP contribution is -2.13. The van der Waals surface area contributed by atoms with Gasteiger partial charge < -0.3 is 10.4 Å². The number of phenolic OH excluding ortho intramolecular Hbond substituents is 1. The van der Waals surface area contributed by atoms with E-state index in [1.807, 2.05) is 31.2 Å². The van der Waals surface area contributed by atoms with Crippen LogP contribution in [-0.2, 0) is 21.1 Å². The van der Waals surface area contributed by atoms with Gasteiger partial charge in [-0.2, -0.15) is 0 Å². The molecule has 0 spiro atoms. The summed E-state index contributed by atoms with van der Waals surface area (Å²) in [5.41, 5.74) is 2.29. The predicted octanol–water partition coefficient (Wildman–Crippen LogP) is 3.07. The molecule has 2 rings (SSSR count). The van der Waals surface area contributed by atoms with Gasteiger partial charge in [0.25, 0.3) is 0 Å². The zero-order valence-electron chi connectivity index (χ0n) is 13.7. The minimum Gasteiger partial charge on any atom is -0.506 e. The number of aromatic hydroxyl groups is 1. The van der Waals surface area contributed by atoms with Crippen molar-refractivity contribution in [1.82, 2.24) is 0 Å². The minimum absolute atomic E-state index is 0.0431. The number of hydrogen-bond donors (Lipinski definition) is 2. The van der Waals surface area contributed by atoms with Crippen molar-refractivity contribution in [3.63, 3.8) is 0 Å². The Labute approximate surface area is 142 Å². The third-order valence-corrected chi connectivity index (χ3v) is 5.44. The van der Waals surface area contributed by atoms with E-state index in [2.05, 4.69) is 5.32 Å². The Bertz CT molecular complexity index is 844. The molecule has 2 aromatic carbocycles. The first-order valence-electron chi connectivity index (χ1n) is 7.73. The molecule has 0 atom stereocenters. The standard InChI is InChI=1S/C18H21NO4S/c1-3-24(22,23)15-8-9-17(20)16(12-15)19-18(21)10-7-14-6-4-5-13(2)11-14/h4-6,8-9,11-12,20H,3,7,10H2,1-2H3,(H,19,21). The van der Waals surface area contributed by atoms with Crippen molar-refractivity contribution in [2.45, 2.75) is 31.6 Å². The zero-order chi connectivity index (χ0) is 17.7. The van der Waals surface area contributed by atoms with E-state index in [4.69, 9.17) is 0 Å². The van der Waals surface area contributed by atoms with Gasteiger partial charge in [-0.15, -0.1) is 0 Å². The first kappa shape index (κ1) is 18.0. The van der Waals surface area contributed by atoms with E-state index in [9.17, 15) is 18.3 Å². The maximum Gasteiger partial charge on any atom is 0.224 e. The Hall–Kier alpha value is -2.34. The van der Waals surface area contributed by atoms with E-state index < -0.39 is 9.84 Å². The molecule has 0 aliphatic rings. The molecule has 0 heterocycles. The number of hydrogen-bond acceptors (Lipinski definition) is 4. The molecule has 0 aliphatic heterocycles. The molecular weight excluding hydrogens is 326 g/mol. The number of anilines is 1. The monoisotopic (exact) mass is 347 g/mol. The van der Waals surface area contributed by atoms with Crippen LogP contribution < -0.4 is 5.32 Å². The van der Waals surface area contributed by atoms with Gasteiger partial charge in [-0.05, 0) is 37.1 Å². The van der Waals surface area contributed by atoms with Crippen LogP contribution >= 0.6 is 0 Å². The van der Waals surface area contributed by atoms with E-state index >= 15 is 0 Å². The number of phenols is 1. The molecule has 5 nitrogen and oxygen atoms in total. The van der Waals surface area contributed by atoms with Gasteiger partial charge in [0.2, 0.25) is 5.91 Å². The molecule has 1 amide bonds. The molecule has 0 radical (unpaired) electrons. The molecule has 0 saturated heterocycles. The van der Waals surface area contributed by atoms with Crippen LogP contribution in [0.25, 0.3) is 0 Å². The molecule has 0 fully saturated rings. The molecule has 24 heavy (non-hydrogen) atoms. The summed E-state index contributed by atoms with van der Waals surface area (Å²) in [5.74, 6) is -0.481. The van der Waals surface area contributed by atoms with Crippen LogP contribution in [0.4, 0.5) is 5.69 Å². The van der Waals surface area contributed by atoms with Gasteiger partial charge in [0.1, 0.15) is 5.75 Å². The van der Waals surface area contributed by atoms with Gasteiger partial charge in [-0.25, -0.2) is 8.42 Å². The Balaban J connectivity index is 2.07. The Morgan fingerprint density at radius 2 is 1.92 bits per heavy atom. The third-order valence-electron chi connectivity index (χ3n) is 3.70. The minimum atomic E-state index is -3.40. The van der Waals surface area contributed by atoms with Crippen LogP contribution in [-0.4, -0.2) is 25.2 Å². The predicted molar refractivity (Wildman–Crippen MR) is 94.0 cm³/mol. The molecule has 6 heteroatoms. The summed E-state index contributed by atoms with van der Waals surface area (Å²) in [6, 6.07) is 11.8. The fourth-order valence-electron chi connectivity index (χ4n) is 2.31. The number of benzene rings is 2. The van der Waals surface area contributed by atoms with Crippen molar-refractivity contribution in [3.05, 3.63) is 53.6 Å². The molecule has 2 aromatic rings. The van der Waals surface area contributed by atoms with Gasteiger partial charge in [0, 0.05) is 6.42 Å². The summed E-state index contributed by atoms with van der Waals surface area (Å²) in [7, 11) is -3.40. The topological polar surface area (TPSA) is 83.5 Å². The average Bonchev–Trinajstić information content (AvgIpc) is 2.55. The average molecular weight is 347 g/mol. The molecule has 2 N–H and O–H groups in total. The summed E-state index contributed by atoms with van der Waals surface area (Å²) in [6.07, 6.45) is 0.814. The fourth-order valence-corrected chi connectivity index (χ4v) is 3.22. The maximum atomic E-state index is 12.1. The highest BCUT2D eigenvalue weighted by Gasteiger charge is 2.15. The summed E-state index contributed by atoms with van der Waals surface area (Å²) in [5, 5.41) is 12.4. The molecule has 0 aliphatic carbocycles. The Morgan fingerprint density at radius 1 is 1.17 bits per heavy atom.